The predicted octanol–water partition coefficient (Wildman–Crippen LogP) is 2.28. The van der Waals surface area contributed by atoms with Gasteiger partial charge in [0.15, 0.2) is 0 Å². The summed E-state index contributed by atoms with van der Waals surface area (Å²) in [4.78, 5) is 18.1. The monoisotopic (exact) mass is 381 g/mol. The van der Waals surface area contributed by atoms with Gasteiger partial charge in [0.05, 0.1) is 20.2 Å². The van der Waals surface area contributed by atoms with Gasteiger partial charge >= 0.3 is 0 Å². The Hall–Kier alpha value is -1.57. The third kappa shape index (κ3) is 2.73. The number of aryl methyl sites for hydroxylation is 2. The third-order valence-electron chi connectivity index (χ3n) is 4.34. The number of benzene rings is 1. The van der Waals surface area contributed by atoms with E-state index in [2.05, 4.69) is 15.9 Å². The highest BCUT2D eigenvalue weighted by Gasteiger charge is 2.25. The van der Waals surface area contributed by atoms with Crippen molar-refractivity contribution in [2.45, 2.75) is 26.9 Å². The topological polar surface area (TPSA) is 59.6 Å². The molecule has 0 bridgehead atoms. The summed E-state index contributed by atoms with van der Waals surface area (Å²) in [5, 5.41) is 12.5. The summed E-state index contributed by atoms with van der Waals surface area (Å²) < 4.78 is 4.22. The summed E-state index contributed by atoms with van der Waals surface area (Å²) in [5.41, 5.74) is 2.97. The van der Waals surface area contributed by atoms with Crippen LogP contribution in [0.5, 0.6) is 5.88 Å². The molecule has 1 aliphatic heterocycles. The van der Waals surface area contributed by atoms with Gasteiger partial charge in [-0.2, -0.15) is 5.06 Å². The molecular weight excluding hydrogens is 362 g/mol. The van der Waals surface area contributed by atoms with Crippen LogP contribution in [0.2, 0.25) is 0 Å². The average Bonchev–Trinajstić information content (AvgIpc) is 2.67. The van der Waals surface area contributed by atoms with Crippen LogP contribution in [0.1, 0.15) is 11.1 Å². The Kier molecular flexibility index (Phi) is 4.35. The van der Waals surface area contributed by atoms with Crippen molar-refractivity contribution in [3.63, 3.8) is 0 Å². The van der Waals surface area contributed by atoms with E-state index in [1.54, 1.807) is 21.5 Å². The molecule has 6 nitrogen and oxygen atoms in total. The number of aromatic nitrogens is 2. The van der Waals surface area contributed by atoms with E-state index >= 15 is 0 Å². The Labute approximate surface area is 143 Å². The summed E-state index contributed by atoms with van der Waals surface area (Å²) in [6, 6.07) is 3.92. The van der Waals surface area contributed by atoms with Crippen LogP contribution in [0.25, 0.3) is 11.1 Å². The van der Waals surface area contributed by atoms with Crippen LogP contribution in [0.15, 0.2) is 21.4 Å². The van der Waals surface area contributed by atoms with Gasteiger partial charge in [-0.3, -0.25) is 4.79 Å². The van der Waals surface area contributed by atoms with E-state index in [1.807, 2.05) is 26.0 Å². The molecule has 0 unspecified atom stereocenters. The first-order chi connectivity index (χ1) is 10.9. The van der Waals surface area contributed by atoms with Gasteiger partial charge in [-0.25, -0.2) is 9.36 Å². The zero-order valence-electron chi connectivity index (χ0n) is 13.5. The zero-order valence-corrected chi connectivity index (χ0v) is 15.1. The summed E-state index contributed by atoms with van der Waals surface area (Å²) in [6.07, 6.45) is 0. The fraction of sp³-hybridized carbons (Fsp3) is 0.438. The Balaban J connectivity index is 2.17. The summed E-state index contributed by atoms with van der Waals surface area (Å²) in [7, 11) is 1.61. The molecule has 2 aromatic rings. The molecule has 3 rings (SSSR count). The Morgan fingerprint density at radius 2 is 1.61 bits per heavy atom. The lowest BCUT2D eigenvalue weighted by Crippen LogP contribution is -2.27. The standard InChI is InChI=1S/C16H20BrN3O3/c1-10-8-12(17)9-11(2)13(10)14-15(21)19-6-4-18(23-3)5-7-20(19)16(14)22/h8-9,21H,4-7H2,1-3H3. The molecule has 0 amide bonds. The zero-order chi connectivity index (χ0) is 16.7. The highest BCUT2D eigenvalue weighted by Crippen LogP contribution is 2.34. The van der Waals surface area contributed by atoms with Crippen LogP contribution in [0.4, 0.5) is 0 Å². The van der Waals surface area contributed by atoms with E-state index in [0.29, 0.717) is 31.7 Å². The van der Waals surface area contributed by atoms with Crippen LogP contribution in [0, 0.1) is 13.8 Å². The number of fused-ring (bicyclic) bond motifs is 1. The molecule has 124 valence electrons. The fourth-order valence-corrected chi connectivity index (χ4v) is 3.94. The molecular formula is C16H20BrN3O3. The Morgan fingerprint density at radius 1 is 1.04 bits per heavy atom. The first kappa shape index (κ1) is 16.3. The second-order valence-corrected chi connectivity index (χ2v) is 6.69. The van der Waals surface area contributed by atoms with Crippen molar-refractivity contribution >= 4 is 15.9 Å². The minimum atomic E-state index is -0.158. The van der Waals surface area contributed by atoms with E-state index in [0.717, 1.165) is 21.2 Å². The molecule has 1 aromatic carbocycles. The van der Waals surface area contributed by atoms with Gasteiger partial charge in [-0.15, -0.1) is 0 Å². The molecule has 7 heteroatoms. The lowest BCUT2D eigenvalue weighted by Gasteiger charge is -2.15. The molecule has 0 fully saturated rings. The Bertz CT molecular complexity index is 787. The maximum absolute atomic E-state index is 12.9. The highest BCUT2D eigenvalue weighted by atomic mass is 79.9. The van der Waals surface area contributed by atoms with Gasteiger partial charge in [-0.1, -0.05) is 15.9 Å². The van der Waals surface area contributed by atoms with Crippen LogP contribution in [-0.4, -0.2) is 39.7 Å². The number of aromatic hydroxyl groups is 1. The van der Waals surface area contributed by atoms with Crippen molar-refractivity contribution in [2.75, 3.05) is 20.2 Å². The lowest BCUT2D eigenvalue weighted by atomic mass is 9.97. The summed E-state index contributed by atoms with van der Waals surface area (Å²) >= 11 is 3.47. The maximum Gasteiger partial charge on any atom is 0.278 e. The van der Waals surface area contributed by atoms with Crippen molar-refractivity contribution in [3.8, 4) is 17.0 Å². The van der Waals surface area contributed by atoms with Crippen LogP contribution < -0.4 is 5.56 Å². The maximum atomic E-state index is 12.9. The van der Waals surface area contributed by atoms with Crippen molar-refractivity contribution in [1.82, 2.24) is 14.4 Å². The molecule has 1 N–H and O–H groups in total. The van der Waals surface area contributed by atoms with E-state index in [-0.39, 0.29) is 11.4 Å². The van der Waals surface area contributed by atoms with Crippen molar-refractivity contribution in [1.29, 1.82) is 0 Å². The van der Waals surface area contributed by atoms with Crippen molar-refractivity contribution in [2.24, 2.45) is 0 Å². The predicted molar refractivity (Wildman–Crippen MR) is 91.5 cm³/mol. The number of hydrogen-bond acceptors (Lipinski definition) is 4. The quantitative estimate of drug-likeness (QED) is 0.866. The first-order valence-corrected chi connectivity index (χ1v) is 8.32. The van der Waals surface area contributed by atoms with Crippen LogP contribution in [-0.2, 0) is 17.9 Å². The fourth-order valence-electron chi connectivity index (χ4n) is 3.26. The van der Waals surface area contributed by atoms with Crippen molar-refractivity contribution < 1.29 is 9.94 Å². The number of rotatable bonds is 2. The van der Waals surface area contributed by atoms with Gasteiger partial charge in [0.1, 0.15) is 5.56 Å². The summed E-state index contributed by atoms with van der Waals surface area (Å²) in [5.74, 6) is 0.0291. The van der Waals surface area contributed by atoms with Gasteiger partial charge in [0.25, 0.3) is 5.56 Å². The molecule has 1 aliphatic rings. The molecule has 0 spiro atoms. The minimum Gasteiger partial charge on any atom is -0.493 e. The SMILES string of the molecule is CON1CCn2c(O)c(-c3c(C)cc(Br)cc3C)c(=O)n2CC1. The van der Waals surface area contributed by atoms with E-state index in [9.17, 15) is 9.90 Å². The highest BCUT2D eigenvalue weighted by molar-refractivity contribution is 9.10. The number of hydroxylamine groups is 2. The van der Waals surface area contributed by atoms with Gasteiger partial charge in [0.2, 0.25) is 5.88 Å². The third-order valence-corrected chi connectivity index (χ3v) is 4.79. The molecule has 23 heavy (non-hydrogen) atoms. The van der Waals surface area contributed by atoms with Gasteiger partial charge in [0, 0.05) is 17.6 Å². The molecule has 0 radical (unpaired) electrons. The first-order valence-electron chi connectivity index (χ1n) is 7.52. The normalized spacial score (nSPS) is 15.5. The minimum absolute atomic E-state index is 0.0291. The molecule has 1 aromatic heterocycles. The largest absolute Gasteiger partial charge is 0.493 e. The van der Waals surface area contributed by atoms with Crippen LogP contribution >= 0.6 is 15.9 Å². The van der Waals surface area contributed by atoms with E-state index < -0.39 is 0 Å². The smallest absolute Gasteiger partial charge is 0.278 e. The van der Waals surface area contributed by atoms with Gasteiger partial charge in [-0.05, 0) is 42.7 Å². The second-order valence-electron chi connectivity index (χ2n) is 5.78. The number of nitrogens with zero attached hydrogens (tertiary/aromatic N) is 3. The average molecular weight is 382 g/mol. The number of hydrogen-bond donors (Lipinski definition) is 1. The van der Waals surface area contributed by atoms with Gasteiger partial charge < -0.3 is 9.94 Å². The summed E-state index contributed by atoms with van der Waals surface area (Å²) in [6.45, 7) is 6.12. The molecule has 2 heterocycles. The van der Waals surface area contributed by atoms with Crippen LogP contribution in [0.3, 0.4) is 0 Å². The van der Waals surface area contributed by atoms with Crippen molar-refractivity contribution in [3.05, 3.63) is 38.1 Å². The Morgan fingerprint density at radius 3 is 2.17 bits per heavy atom. The lowest BCUT2D eigenvalue weighted by molar-refractivity contribution is -0.130. The van der Waals surface area contributed by atoms with E-state index in [1.165, 1.54) is 0 Å². The molecule has 0 saturated carbocycles. The molecule has 0 atom stereocenters. The molecule has 0 aliphatic carbocycles. The molecule has 0 saturated heterocycles. The van der Waals surface area contributed by atoms with E-state index in [4.69, 9.17) is 4.84 Å². The number of halogens is 1. The second kappa shape index (κ2) is 6.14.